The lowest BCUT2D eigenvalue weighted by atomic mass is 9.84. The van der Waals surface area contributed by atoms with Crippen LogP contribution in [0.25, 0.3) is 10.9 Å². The van der Waals surface area contributed by atoms with Gasteiger partial charge in [-0.3, -0.25) is 19.6 Å². The van der Waals surface area contributed by atoms with Gasteiger partial charge in [0.05, 0.1) is 29.5 Å². The molecular weight excluding hydrogens is 464 g/mol. The fourth-order valence-corrected chi connectivity index (χ4v) is 4.68. The van der Waals surface area contributed by atoms with Crippen molar-refractivity contribution in [3.05, 3.63) is 94.2 Å². The molecular formula is C30H32N4O3. The summed E-state index contributed by atoms with van der Waals surface area (Å²) >= 11 is 0. The number of carboxylic acids is 1. The Bertz CT molecular complexity index is 1500. The van der Waals surface area contributed by atoms with Crippen molar-refractivity contribution >= 4 is 22.8 Å². The molecule has 2 N–H and O–H groups in total. The van der Waals surface area contributed by atoms with E-state index >= 15 is 0 Å². The number of nitrogens with zero attached hydrogens (tertiary/aromatic N) is 3. The van der Waals surface area contributed by atoms with E-state index in [9.17, 15) is 14.7 Å². The number of carbonyl (C=O) groups is 2. The van der Waals surface area contributed by atoms with E-state index in [-0.39, 0.29) is 5.91 Å². The van der Waals surface area contributed by atoms with Crippen molar-refractivity contribution in [2.24, 2.45) is 0 Å². The number of carbonyl (C=O) groups excluding carboxylic acids is 1. The van der Waals surface area contributed by atoms with Crippen molar-refractivity contribution in [3.63, 3.8) is 0 Å². The van der Waals surface area contributed by atoms with Gasteiger partial charge in [-0.05, 0) is 75.4 Å². The number of hydrogen-bond donors (Lipinski definition) is 2. The molecule has 2 aromatic heterocycles. The largest absolute Gasteiger partial charge is 0.481 e. The summed E-state index contributed by atoms with van der Waals surface area (Å²) in [6, 6.07) is 13.6. The Morgan fingerprint density at radius 2 is 1.81 bits per heavy atom. The van der Waals surface area contributed by atoms with E-state index in [0.29, 0.717) is 24.6 Å². The summed E-state index contributed by atoms with van der Waals surface area (Å²) < 4.78 is 2.24. The summed E-state index contributed by atoms with van der Waals surface area (Å²) in [7, 11) is 0. The van der Waals surface area contributed by atoms with Crippen molar-refractivity contribution < 1.29 is 14.7 Å². The summed E-state index contributed by atoms with van der Waals surface area (Å²) in [6.07, 6.45) is 5.85. The van der Waals surface area contributed by atoms with Gasteiger partial charge < -0.3 is 15.0 Å². The number of aromatic nitrogens is 3. The minimum atomic E-state index is -0.936. The molecule has 1 aliphatic rings. The number of benzene rings is 2. The Morgan fingerprint density at radius 1 is 1.08 bits per heavy atom. The first kappa shape index (κ1) is 24.7. The minimum Gasteiger partial charge on any atom is -0.481 e. The van der Waals surface area contributed by atoms with Crippen LogP contribution in [0, 0.1) is 13.8 Å². The van der Waals surface area contributed by atoms with Gasteiger partial charge in [0.15, 0.2) is 0 Å². The number of carboxylic acid groups (broad SMARTS) is 1. The van der Waals surface area contributed by atoms with Crippen molar-refractivity contribution in [1.82, 2.24) is 19.9 Å². The highest BCUT2D eigenvalue weighted by Crippen LogP contribution is 2.38. The van der Waals surface area contributed by atoms with Crippen LogP contribution < -0.4 is 5.32 Å². The fourth-order valence-electron chi connectivity index (χ4n) is 4.68. The zero-order valence-corrected chi connectivity index (χ0v) is 21.7. The first-order chi connectivity index (χ1) is 17.6. The molecule has 7 nitrogen and oxygen atoms in total. The Balaban J connectivity index is 1.34. The zero-order chi connectivity index (χ0) is 26.3. The number of amides is 1. The predicted octanol–water partition coefficient (Wildman–Crippen LogP) is 5.27. The predicted molar refractivity (Wildman–Crippen MR) is 143 cm³/mol. The van der Waals surface area contributed by atoms with Crippen LogP contribution in [-0.4, -0.2) is 31.5 Å². The lowest BCUT2D eigenvalue weighted by Gasteiger charge is -2.20. The molecule has 0 aliphatic heterocycles. The van der Waals surface area contributed by atoms with E-state index in [1.807, 2.05) is 48.7 Å². The SMILES string of the molecule is Cc1c(C)n(Cc2ccc(C(C)(C)C(=O)O)cc2)c2ccc(C(=O)NCc3cncc(C4CC4)n3)cc12. The number of nitrogens with one attached hydrogen (secondary N) is 1. The van der Waals surface area contributed by atoms with Gasteiger partial charge in [0.2, 0.25) is 0 Å². The number of fused-ring (bicyclic) bond motifs is 1. The number of aryl methyl sites for hydroxylation is 1. The topological polar surface area (TPSA) is 97.1 Å². The Labute approximate surface area is 216 Å². The first-order valence-electron chi connectivity index (χ1n) is 12.7. The molecule has 37 heavy (non-hydrogen) atoms. The molecule has 4 aromatic rings. The van der Waals surface area contributed by atoms with Crippen LogP contribution in [-0.2, 0) is 23.3 Å². The molecule has 1 amide bonds. The Kier molecular flexibility index (Phi) is 6.31. The second-order valence-electron chi connectivity index (χ2n) is 10.5. The quantitative estimate of drug-likeness (QED) is 0.347. The maximum atomic E-state index is 12.9. The molecule has 0 radical (unpaired) electrons. The molecule has 1 saturated carbocycles. The van der Waals surface area contributed by atoms with E-state index in [2.05, 4.69) is 33.7 Å². The van der Waals surface area contributed by atoms with Gasteiger partial charge in [0.1, 0.15) is 0 Å². The second-order valence-corrected chi connectivity index (χ2v) is 10.5. The van der Waals surface area contributed by atoms with Crippen LogP contribution in [0.2, 0.25) is 0 Å². The summed E-state index contributed by atoms with van der Waals surface area (Å²) in [6.45, 7) is 8.59. The molecule has 2 heterocycles. The molecule has 0 unspecified atom stereocenters. The summed E-state index contributed by atoms with van der Waals surface area (Å²) in [5.41, 5.74) is 6.65. The molecule has 7 heteroatoms. The second kappa shape index (κ2) is 9.47. The molecule has 0 spiro atoms. The normalized spacial score (nSPS) is 13.6. The highest BCUT2D eigenvalue weighted by molar-refractivity contribution is 5.99. The first-order valence-corrected chi connectivity index (χ1v) is 12.7. The third-order valence-electron chi connectivity index (χ3n) is 7.58. The molecule has 0 saturated heterocycles. The van der Waals surface area contributed by atoms with Crippen molar-refractivity contribution in [2.45, 2.75) is 65.0 Å². The van der Waals surface area contributed by atoms with Gasteiger partial charge in [-0.1, -0.05) is 24.3 Å². The van der Waals surface area contributed by atoms with E-state index in [0.717, 1.165) is 57.5 Å². The smallest absolute Gasteiger partial charge is 0.313 e. The lowest BCUT2D eigenvalue weighted by molar-refractivity contribution is -0.142. The maximum absolute atomic E-state index is 12.9. The van der Waals surface area contributed by atoms with Crippen molar-refractivity contribution in [1.29, 1.82) is 0 Å². The Hall–Kier alpha value is -4.00. The van der Waals surface area contributed by atoms with Gasteiger partial charge in [-0.2, -0.15) is 0 Å². The highest BCUT2D eigenvalue weighted by Gasteiger charge is 2.29. The number of rotatable bonds is 8. The van der Waals surface area contributed by atoms with E-state index in [1.165, 1.54) is 0 Å². The third kappa shape index (κ3) is 4.86. The van der Waals surface area contributed by atoms with Gasteiger partial charge in [-0.15, -0.1) is 0 Å². The molecule has 0 bridgehead atoms. The molecule has 1 aliphatic carbocycles. The van der Waals surface area contributed by atoms with Crippen molar-refractivity contribution in [3.8, 4) is 0 Å². The zero-order valence-electron chi connectivity index (χ0n) is 21.7. The van der Waals surface area contributed by atoms with Crippen LogP contribution in [0.15, 0.2) is 54.9 Å². The lowest BCUT2D eigenvalue weighted by Crippen LogP contribution is -2.28. The van der Waals surface area contributed by atoms with Crippen LogP contribution >= 0.6 is 0 Å². The molecule has 0 atom stereocenters. The standard InChI is InChI=1S/C30H32N4O3/c1-18-19(2)34(17-20-5-10-23(11-6-20)30(3,4)29(36)37)27-12-9-22(13-25(18)27)28(35)32-15-24-14-31-16-26(33-24)21-7-8-21/h5-6,9-14,16,21H,7-8,15,17H2,1-4H3,(H,32,35)(H,36,37). The minimum absolute atomic E-state index is 0.137. The molecule has 2 aromatic carbocycles. The average Bonchev–Trinajstić information content (AvgIpc) is 3.72. The van der Waals surface area contributed by atoms with E-state index < -0.39 is 11.4 Å². The molecule has 5 rings (SSSR count). The third-order valence-corrected chi connectivity index (χ3v) is 7.58. The van der Waals surface area contributed by atoms with Gasteiger partial charge in [0, 0.05) is 40.8 Å². The summed E-state index contributed by atoms with van der Waals surface area (Å²) in [5.74, 6) is -0.458. The van der Waals surface area contributed by atoms with Gasteiger partial charge in [0.25, 0.3) is 5.91 Å². The molecule has 190 valence electrons. The van der Waals surface area contributed by atoms with Crippen LogP contribution in [0.4, 0.5) is 0 Å². The maximum Gasteiger partial charge on any atom is 0.313 e. The monoisotopic (exact) mass is 496 g/mol. The summed E-state index contributed by atoms with van der Waals surface area (Å²) in [4.78, 5) is 33.4. The number of hydrogen-bond acceptors (Lipinski definition) is 4. The number of aliphatic carboxylic acids is 1. The average molecular weight is 497 g/mol. The van der Waals surface area contributed by atoms with Crippen LogP contribution in [0.3, 0.4) is 0 Å². The van der Waals surface area contributed by atoms with E-state index in [1.54, 1.807) is 20.0 Å². The van der Waals surface area contributed by atoms with E-state index in [4.69, 9.17) is 0 Å². The Morgan fingerprint density at radius 3 is 2.49 bits per heavy atom. The van der Waals surface area contributed by atoms with Crippen molar-refractivity contribution in [2.75, 3.05) is 0 Å². The van der Waals surface area contributed by atoms with Crippen LogP contribution in [0.5, 0.6) is 0 Å². The molecule has 1 fully saturated rings. The summed E-state index contributed by atoms with van der Waals surface area (Å²) in [5, 5.41) is 13.5. The highest BCUT2D eigenvalue weighted by atomic mass is 16.4. The van der Waals surface area contributed by atoms with Gasteiger partial charge >= 0.3 is 5.97 Å². The fraction of sp³-hybridized carbons (Fsp3) is 0.333. The van der Waals surface area contributed by atoms with Gasteiger partial charge in [-0.25, -0.2) is 0 Å². The van der Waals surface area contributed by atoms with Crippen LogP contribution in [0.1, 0.15) is 76.7 Å².